The number of aromatic nitrogens is 2. The van der Waals surface area contributed by atoms with Crippen molar-refractivity contribution in [2.75, 3.05) is 0 Å². The molecular weight excluding hydrogens is 677 g/mol. The van der Waals surface area contributed by atoms with Gasteiger partial charge in [0.05, 0.1) is 22.1 Å². The zero-order valence-electron chi connectivity index (χ0n) is 30.7. The van der Waals surface area contributed by atoms with Crippen molar-refractivity contribution in [2.24, 2.45) is 0 Å². The molecule has 56 heavy (non-hydrogen) atoms. The van der Waals surface area contributed by atoms with Crippen LogP contribution in [0.2, 0.25) is 0 Å². The summed E-state index contributed by atoms with van der Waals surface area (Å²) in [6, 6.07) is 79.3. The third-order valence-electron chi connectivity index (χ3n) is 11.3. The smallest absolute Gasteiger partial charge is 0.0541 e. The Morgan fingerprint density at radius 2 is 0.536 bits per heavy atom. The summed E-state index contributed by atoms with van der Waals surface area (Å²) in [7, 11) is 0. The molecule has 0 atom stereocenters. The minimum atomic E-state index is 1.16. The molecule has 11 rings (SSSR count). The molecule has 11 aromatic rings. The lowest BCUT2D eigenvalue weighted by molar-refractivity contribution is 1.18. The predicted octanol–water partition coefficient (Wildman–Crippen LogP) is 14.5. The molecule has 0 amide bonds. The van der Waals surface area contributed by atoms with E-state index in [1.165, 1.54) is 93.8 Å². The maximum Gasteiger partial charge on any atom is 0.0541 e. The first-order valence-electron chi connectivity index (χ1n) is 19.3. The van der Waals surface area contributed by atoms with Gasteiger partial charge in [-0.05, 0) is 105 Å². The monoisotopic (exact) mass is 712 g/mol. The summed E-state index contributed by atoms with van der Waals surface area (Å²) in [6.45, 7) is 0. The highest BCUT2D eigenvalue weighted by molar-refractivity contribution is 6.11. The van der Waals surface area contributed by atoms with Gasteiger partial charge in [-0.1, -0.05) is 158 Å². The van der Waals surface area contributed by atoms with Crippen LogP contribution in [-0.2, 0) is 0 Å². The highest BCUT2D eigenvalue weighted by Gasteiger charge is 2.15. The first kappa shape index (κ1) is 32.0. The van der Waals surface area contributed by atoms with Crippen molar-refractivity contribution in [3.05, 3.63) is 218 Å². The van der Waals surface area contributed by atoms with E-state index in [4.69, 9.17) is 0 Å². The van der Waals surface area contributed by atoms with Gasteiger partial charge in [-0.15, -0.1) is 0 Å². The normalized spacial score (nSPS) is 11.6. The molecule has 0 unspecified atom stereocenters. The Bertz CT molecular complexity index is 3200. The summed E-state index contributed by atoms with van der Waals surface area (Å²) < 4.78 is 4.76. The van der Waals surface area contributed by atoms with Crippen molar-refractivity contribution in [2.45, 2.75) is 0 Å². The van der Waals surface area contributed by atoms with Crippen LogP contribution in [0.15, 0.2) is 218 Å². The molecule has 2 heterocycles. The molecule has 0 fully saturated rings. The predicted molar refractivity (Wildman–Crippen MR) is 237 cm³/mol. The quantitative estimate of drug-likeness (QED) is 0.162. The van der Waals surface area contributed by atoms with E-state index in [2.05, 4.69) is 228 Å². The molecule has 0 bridgehead atoms. The minimum absolute atomic E-state index is 1.16. The van der Waals surface area contributed by atoms with E-state index < -0.39 is 0 Å². The summed E-state index contributed by atoms with van der Waals surface area (Å²) in [5, 5.41) is 5.04. The van der Waals surface area contributed by atoms with Crippen LogP contribution >= 0.6 is 0 Å². The maximum atomic E-state index is 2.40. The third kappa shape index (κ3) is 5.34. The summed E-state index contributed by atoms with van der Waals surface area (Å²) in [5.41, 5.74) is 16.9. The Balaban J connectivity index is 0.901. The van der Waals surface area contributed by atoms with Gasteiger partial charge in [-0.2, -0.15) is 0 Å². The van der Waals surface area contributed by atoms with E-state index in [9.17, 15) is 0 Å². The van der Waals surface area contributed by atoms with Crippen LogP contribution in [0.25, 0.3) is 99.5 Å². The lowest BCUT2D eigenvalue weighted by Crippen LogP contribution is -1.94. The van der Waals surface area contributed by atoms with E-state index in [1.807, 2.05) is 0 Å². The van der Waals surface area contributed by atoms with E-state index in [-0.39, 0.29) is 0 Å². The van der Waals surface area contributed by atoms with Crippen LogP contribution in [0, 0.1) is 0 Å². The summed E-state index contributed by atoms with van der Waals surface area (Å²) in [6.07, 6.45) is 0. The van der Waals surface area contributed by atoms with Crippen LogP contribution in [0.1, 0.15) is 0 Å². The first-order valence-corrected chi connectivity index (χ1v) is 19.3. The molecule has 0 radical (unpaired) electrons. The molecule has 0 saturated carbocycles. The molecule has 0 spiro atoms. The Morgan fingerprint density at radius 1 is 0.196 bits per heavy atom. The lowest BCUT2D eigenvalue weighted by atomic mass is 9.97. The highest BCUT2D eigenvalue weighted by Crippen LogP contribution is 2.38. The Kier molecular flexibility index (Phi) is 7.53. The molecule has 2 nitrogen and oxygen atoms in total. The van der Waals surface area contributed by atoms with Crippen LogP contribution in [0.4, 0.5) is 0 Å². The van der Waals surface area contributed by atoms with Crippen LogP contribution in [0.3, 0.4) is 0 Å². The Morgan fingerprint density at radius 3 is 1.07 bits per heavy atom. The number of hydrogen-bond acceptors (Lipinski definition) is 0. The van der Waals surface area contributed by atoms with Gasteiger partial charge in [-0.25, -0.2) is 0 Å². The molecular formula is C54H36N2. The first-order chi connectivity index (χ1) is 27.8. The zero-order chi connectivity index (χ0) is 37.0. The largest absolute Gasteiger partial charge is 0.309 e. The number of hydrogen-bond donors (Lipinski definition) is 0. The number of para-hydroxylation sites is 3. The summed E-state index contributed by atoms with van der Waals surface area (Å²) in [5.74, 6) is 0. The summed E-state index contributed by atoms with van der Waals surface area (Å²) >= 11 is 0. The highest BCUT2D eigenvalue weighted by atomic mass is 15.0. The summed E-state index contributed by atoms with van der Waals surface area (Å²) in [4.78, 5) is 0. The van der Waals surface area contributed by atoms with Crippen molar-refractivity contribution in [3.63, 3.8) is 0 Å². The second-order valence-electron chi connectivity index (χ2n) is 14.6. The van der Waals surface area contributed by atoms with Crippen molar-refractivity contribution in [1.29, 1.82) is 0 Å². The van der Waals surface area contributed by atoms with Gasteiger partial charge in [0.2, 0.25) is 0 Å². The molecule has 9 aromatic carbocycles. The topological polar surface area (TPSA) is 9.86 Å². The molecule has 0 aliphatic heterocycles. The van der Waals surface area contributed by atoms with Gasteiger partial charge in [0, 0.05) is 32.9 Å². The van der Waals surface area contributed by atoms with Crippen molar-refractivity contribution in [1.82, 2.24) is 9.13 Å². The van der Waals surface area contributed by atoms with Crippen LogP contribution < -0.4 is 0 Å². The number of benzene rings is 9. The van der Waals surface area contributed by atoms with Crippen LogP contribution in [0.5, 0.6) is 0 Å². The van der Waals surface area contributed by atoms with Crippen molar-refractivity contribution >= 4 is 43.6 Å². The van der Waals surface area contributed by atoms with E-state index in [1.54, 1.807) is 0 Å². The SMILES string of the molecule is c1ccc(-c2cccc(-n3c4ccccc4c4cc(-c5ccc(-c6ccc(-c7ccc8c(c7)c7ccccc7n8-c7ccccc7)cc6)cc5)ccc43)c2)cc1. The molecule has 0 saturated heterocycles. The fourth-order valence-corrected chi connectivity index (χ4v) is 8.60. The number of fused-ring (bicyclic) bond motifs is 6. The van der Waals surface area contributed by atoms with Gasteiger partial charge in [-0.3, -0.25) is 0 Å². The molecule has 262 valence electrons. The molecule has 0 aliphatic rings. The molecule has 0 aliphatic carbocycles. The fraction of sp³-hybridized carbons (Fsp3) is 0. The van der Waals surface area contributed by atoms with E-state index in [0.717, 1.165) is 5.69 Å². The molecule has 2 heteroatoms. The second-order valence-corrected chi connectivity index (χ2v) is 14.6. The fourth-order valence-electron chi connectivity index (χ4n) is 8.60. The van der Waals surface area contributed by atoms with E-state index >= 15 is 0 Å². The van der Waals surface area contributed by atoms with Gasteiger partial charge in [0.25, 0.3) is 0 Å². The Labute approximate surface area is 325 Å². The molecule has 0 N–H and O–H groups in total. The van der Waals surface area contributed by atoms with Crippen molar-refractivity contribution in [3.8, 4) is 55.9 Å². The van der Waals surface area contributed by atoms with Gasteiger partial charge < -0.3 is 9.13 Å². The molecule has 2 aromatic heterocycles. The third-order valence-corrected chi connectivity index (χ3v) is 11.3. The zero-order valence-corrected chi connectivity index (χ0v) is 30.7. The average molecular weight is 713 g/mol. The maximum absolute atomic E-state index is 2.40. The standard InChI is InChI=1S/C54H36N2/c1-3-12-37(13-4-1)42-14-11-17-46(34-42)56-52-21-10-8-19-48(52)50-36-44(31-33-54(50)56)41-28-24-39(25-29-41)38-22-26-40(27-23-38)43-30-32-53-49(35-43)47-18-7-9-20-51(47)55(53)45-15-5-2-6-16-45/h1-36H. The minimum Gasteiger partial charge on any atom is -0.309 e. The average Bonchev–Trinajstić information content (AvgIpc) is 3.79. The van der Waals surface area contributed by atoms with Gasteiger partial charge in [0.1, 0.15) is 0 Å². The van der Waals surface area contributed by atoms with Gasteiger partial charge in [0.15, 0.2) is 0 Å². The Hall–Kier alpha value is -7.42. The van der Waals surface area contributed by atoms with E-state index in [0.29, 0.717) is 0 Å². The second kappa shape index (κ2) is 13.2. The van der Waals surface area contributed by atoms with Gasteiger partial charge >= 0.3 is 0 Å². The van der Waals surface area contributed by atoms with Crippen LogP contribution in [-0.4, -0.2) is 9.13 Å². The number of rotatable bonds is 6. The lowest BCUT2D eigenvalue weighted by Gasteiger charge is -2.11. The van der Waals surface area contributed by atoms with Crippen molar-refractivity contribution < 1.29 is 0 Å². The number of nitrogens with zero attached hydrogens (tertiary/aromatic N) is 2.